The maximum atomic E-state index is 11.8. The Morgan fingerprint density at radius 2 is 1.88 bits per heavy atom. The molecule has 1 N–H and O–H groups in total. The van der Waals surface area contributed by atoms with Crippen LogP contribution in [0.2, 0.25) is 0 Å². The molecule has 2 aromatic heterocycles. The molecule has 0 radical (unpaired) electrons. The Labute approximate surface area is 145 Å². The van der Waals surface area contributed by atoms with Gasteiger partial charge in [0, 0.05) is 4.88 Å². The molecule has 0 unspecified atom stereocenters. The van der Waals surface area contributed by atoms with Crippen LogP contribution in [0.3, 0.4) is 0 Å². The molecule has 0 spiro atoms. The standard InChI is InChI=1S/C19H22N2O2S/c1-6-14-16(17(22)23)21-15(11(2)24-18(21)20-14)12-7-9-13(10-8-12)19(3,4)5/h7-10H,6H2,1-5H3,(H,22,23). The molecule has 5 heteroatoms. The first-order valence-electron chi connectivity index (χ1n) is 8.09. The number of hydrogen-bond donors (Lipinski definition) is 1. The minimum absolute atomic E-state index is 0.0914. The lowest BCUT2D eigenvalue weighted by molar-refractivity contribution is 0.0688. The molecule has 4 nitrogen and oxygen atoms in total. The van der Waals surface area contributed by atoms with Crippen molar-refractivity contribution in [3.8, 4) is 11.3 Å². The molecular formula is C19H22N2O2S. The van der Waals surface area contributed by atoms with Crippen molar-refractivity contribution in [2.24, 2.45) is 0 Å². The number of carboxylic acid groups (broad SMARTS) is 1. The number of fused-ring (bicyclic) bond motifs is 1. The van der Waals surface area contributed by atoms with Crippen molar-refractivity contribution in [3.05, 3.63) is 46.1 Å². The first-order valence-corrected chi connectivity index (χ1v) is 8.90. The molecule has 0 saturated carbocycles. The van der Waals surface area contributed by atoms with Crippen LogP contribution in [-0.4, -0.2) is 20.5 Å². The SMILES string of the molecule is CCc1nc2sc(C)c(-c3ccc(C(C)(C)C)cc3)n2c1C(=O)O. The van der Waals surface area contributed by atoms with Gasteiger partial charge in [-0.1, -0.05) is 52.0 Å². The molecule has 3 aromatic rings. The second-order valence-electron chi connectivity index (χ2n) is 7.02. The van der Waals surface area contributed by atoms with Gasteiger partial charge in [0.05, 0.1) is 11.4 Å². The Balaban J connectivity index is 2.24. The van der Waals surface area contributed by atoms with Gasteiger partial charge in [-0.2, -0.15) is 0 Å². The lowest BCUT2D eigenvalue weighted by Gasteiger charge is -2.19. The van der Waals surface area contributed by atoms with Crippen molar-refractivity contribution >= 4 is 22.3 Å². The highest BCUT2D eigenvalue weighted by Crippen LogP contribution is 2.34. The predicted molar refractivity (Wildman–Crippen MR) is 98.3 cm³/mol. The summed E-state index contributed by atoms with van der Waals surface area (Å²) in [4.78, 5) is 18.1. The highest BCUT2D eigenvalue weighted by molar-refractivity contribution is 7.17. The summed E-state index contributed by atoms with van der Waals surface area (Å²) in [5, 5.41) is 9.66. The van der Waals surface area contributed by atoms with Crippen LogP contribution in [0.5, 0.6) is 0 Å². The van der Waals surface area contributed by atoms with Crippen molar-refractivity contribution in [3.63, 3.8) is 0 Å². The highest BCUT2D eigenvalue weighted by atomic mass is 32.1. The van der Waals surface area contributed by atoms with Gasteiger partial charge in [0.25, 0.3) is 0 Å². The first-order chi connectivity index (χ1) is 11.2. The number of aromatic carboxylic acids is 1. The molecule has 0 aliphatic heterocycles. The van der Waals surface area contributed by atoms with Crippen molar-refractivity contribution in [1.29, 1.82) is 0 Å². The van der Waals surface area contributed by atoms with Gasteiger partial charge in [-0.25, -0.2) is 9.78 Å². The summed E-state index contributed by atoms with van der Waals surface area (Å²) in [6.07, 6.45) is 0.609. The van der Waals surface area contributed by atoms with E-state index in [4.69, 9.17) is 0 Å². The molecule has 24 heavy (non-hydrogen) atoms. The quantitative estimate of drug-likeness (QED) is 0.734. The predicted octanol–water partition coefficient (Wildman–Crippen LogP) is 4.93. The molecule has 0 fully saturated rings. The smallest absolute Gasteiger partial charge is 0.354 e. The second-order valence-corrected chi connectivity index (χ2v) is 8.20. The zero-order chi connectivity index (χ0) is 17.6. The second kappa shape index (κ2) is 5.74. The Kier molecular flexibility index (Phi) is 4.00. The number of carbonyl (C=O) groups is 1. The van der Waals surface area contributed by atoms with Crippen LogP contribution in [0, 0.1) is 6.92 Å². The molecule has 1 aromatic carbocycles. The summed E-state index contributed by atoms with van der Waals surface area (Å²) >= 11 is 1.54. The van der Waals surface area contributed by atoms with Crippen LogP contribution >= 0.6 is 11.3 Å². The molecule has 0 amide bonds. The Hall–Kier alpha value is -2.14. The Morgan fingerprint density at radius 3 is 2.38 bits per heavy atom. The van der Waals surface area contributed by atoms with Gasteiger partial charge in [-0.15, -0.1) is 11.3 Å². The average molecular weight is 342 g/mol. The summed E-state index contributed by atoms with van der Waals surface area (Å²) in [5.74, 6) is -0.926. The number of carboxylic acids is 1. The Morgan fingerprint density at radius 1 is 1.25 bits per heavy atom. The van der Waals surface area contributed by atoms with E-state index in [2.05, 4.69) is 50.0 Å². The number of imidazole rings is 1. The van der Waals surface area contributed by atoms with Gasteiger partial charge in [-0.05, 0) is 29.9 Å². The van der Waals surface area contributed by atoms with Crippen LogP contribution in [0.15, 0.2) is 24.3 Å². The van der Waals surface area contributed by atoms with Gasteiger partial charge >= 0.3 is 5.97 Å². The third-order valence-corrected chi connectivity index (χ3v) is 5.24. The highest BCUT2D eigenvalue weighted by Gasteiger charge is 2.24. The van der Waals surface area contributed by atoms with E-state index in [1.807, 2.05) is 13.8 Å². The van der Waals surface area contributed by atoms with Crippen LogP contribution in [0.1, 0.15) is 54.3 Å². The summed E-state index contributed by atoms with van der Waals surface area (Å²) in [6.45, 7) is 10.5. The van der Waals surface area contributed by atoms with Gasteiger partial charge in [0.2, 0.25) is 0 Å². The lowest BCUT2D eigenvalue weighted by Crippen LogP contribution is -2.10. The number of rotatable bonds is 3. The van der Waals surface area contributed by atoms with Gasteiger partial charge in [-0.3, -0.25) is 4.40 Å². The van der Waals surface area contributed by atoms with Crippen LogP contribution in [0.4, 0.5) is 0 Å². The molecular weight excluding hydrogens is 320 g/mol. The largest absolute Gasteiger partial charge is 0.477 e. The zero-order valence-electron chi connectivity index (χ0n) is 14.7. The van der Waals surface area contributed by atoms with E-state index in [1.54, 1.807) is 4.40 Å². The van der Waals surface area contributed by atoms with Crippen molar-refractivity contribution in [2.75, 3.05) is 0 Å². The molecule has 0 aliphatic rings. The summed E-state index contributed by atoms with van der Waals surface area (Å²) < 4.78 is 1.80. The van der Waals surface area contributed by atoms with Crippen molar-refractivity contribution in [1.82, 2.24) is 9.38 Å². The third kappa shape index (κ3) is 2.63. The number of aryl methyl sites for hydroxylation is 2. The number of hydrogen-bond acceptors (Lipinski definition) is 3. The zero-order valence-corrected chi connectivity index (χ0v) is 15.5. The van der Waals surface area contributed by atoms with E-state index in [1.165, 1.54) is 16.9 Å². The number of benzene rings is 1. The van der Waals surface area contributed by atoms with E-state index in [-0.39, 0.29) is 11.1 Å². The van der Waals surface area contributed by atoms with Crippen molar-refractivity contribution in [2.45, 2.75) is 46.5 Å². The van der Waals surface area contributed by atoms with E-state index in [9.17, 15) is 9.90 Å². The van der Waals surface area contributed by atoms with Gasteiger partial charge in [0.1, 0.15) is 0 Å². The third-order valence-electron chi connectivity index (χ3n) is 4.28. The fourth-order valence-electron chi connectivity index (χ4n) is 2.99. The maximum Gasteiger partial charge on any atom is 0.354 e. The lowest BCUT2D eigenvalue weighted by atomic mass is 9.86. The molecule has 2 heterocycles. The van der Waals surface area contributed by atoms with E-state index < -0.39 is 5.97 Å². The first kappa shape index (κ1) is 16.7. The van der Waals surface area contributed by atoms with Crippen LogP contribution in [-0.2, 0) is 11.8 Å². The molecule has 0 aliphatic carbocycles. The van der Waals surface area contributed by atoms with E-state index >= 15 is 0 Å². The number of thiazole rings is 1. The average Bonchev–Trinajstić information content (AvgIpc) is 3.00. The molecule has 0 atom stereocenters. The van der Waals surface area contributed by atoms with Crippen LogP contribution < -0.4 is 0 Å². The van der Waals surface area contributed by atoms with Crippen molar-refractivity contribution < 1.29 is 9.90 Å². The van der Waals surface area contributed by atoms with Gasteiger partial charge < -0.3 is 5.11 Å². The minimum atomic E-state index is -0.926. The van der Waals surface area contributed by atoms with Crippen LogP contribution in [0.25, 0.3) is 16.2 Å². The fourth-order valence-corrected chi connectivity index (χ4v) is 4.00. The normalized spacial score (nSPS) is 12.0. The molecule has 0 saturated heterocycles. The summed E-state index contributed by atoms with van der Waals surface area (Å²) in [7, 11) is 0. The monoisotopic (exact) mass is 342 g/mol. The molecule has 3 rings (SSSR count). The number of aromatic nitrogens is 2. The Bertz CT molecular complexity index is 912. The molecule has 126 valence electrons. The minimum Gasteiger partial charge on any atom is -0.477 e. The summed E-state index contributed by atoms with van der Waals surface area (Å²) in [6, 6.07) is 8.39. The van der Waals surface area contributed by atoms with E-state index in [0.717, 1.165) is 21.1 Å². The molecule has 0 bridgehead atoms. The topological polar surface area (TPSA) is 54.6 Å². The number of nitrogens with zero attached hydrogens (tertiary/aromatic N) is 2. The van der Waals surface area contributed by atoms with E-state index in [0.29, 0.717) is 12.1 Å². The maximum absolute atomic E-state index is 11.8. The fraction of sp³-hybridized carbons (Fsp3) is 0.368. The van der Waals surface area contributed by atoms with Gasteiger partial charge in [0.15, 0.2) is 10.7 Å². The summed E-state index contributed by atoms with van der Waals surface area (Å²) in [5.41, 5.74) is 4.23.